The van der Waals surface area contributed by atoms with Crippen molar-refractivity contribution < 1.29 is 19.0 Å². The monoisotopic (exact) mass is 254 g/mol. The molecule has 0 radical (unpaired) electrons. The van der Waals surface area contributed by atoms with E-state index in [4.69, 9.17) is 9.47 Å². The average molecular weight is 254 g/mol. The van der Waals surface area contributed by atoms with Gasteiger partial charge in [0.1, 0.15) is 0 Å². The molecular formula is C14H19FO3. The first-order valence-corrected chi connectivity index (χ1v) is 6.24. The Bertz CT molecular complexity index is 408. The fourth-order valence-corrected chi connectivity index (χ4v) is 2.40. The molecule has 1 aromatic carbocycles. The molecule has 1 aliphatic rings. The summed E-state index contributed by atoms with van der Waals surface area (Å²) in [5.74, 6) is 0.171. The standard InChI is InChI=1S/C14H19FO3/c1-9-5-6-18-14(9)12(16)8-10-3-4-13(17-2)11(15)7-10/h3-4,7,9,12,14,16H,5-6,8H2,1-2H3. The van der Waals surface area contributed by atoms with Gasteiger partial charge in [-0.05, 0) is 30.0 Å². The van der Waals surface area contributed by atoms with Crippen molar-refractivity contribution in [2.45, 2.75) is 32.0 Å². The van der Waals surface area contributed by atoms with Crippen LogP contribution < -0.4 is 4.74 Å². The molecule has 0 amide bonds. The van der Waals surface area contributed by atoms with Crippen LogP contribution in [0.15, 0.2) is 18.2 Å². The molecule has 1 saturated heterocycles. The van der Waals surface area contributed by atoms with Crippen LogP contribution in [0.5, 0.6) is 5.75 Å². The number of hydrogen-bond acceptors (Lipinski definition) is 3. The van der Waals surface area contributed by atoms with Crippen LogP contribution in [-0.4, -0.2) is 31.0 Å². The molecule has 1 fully saturated rings. The van der Waals surface area contributed by atoms with Gasteiger partial charge in [-0.25, -0.2) is 4.39 Å². The molecule has 3 unspecified atom stereocenters. The van der Waals surface area contributed by atoms with E-state index in [0.717, 1.165) is 12.0 Å². The fraction of sp³-hybridized carbons (Fsp3) is 0.571. The van der Waals surface area contributed by atoms with Gasteiger partial charge in [-0.3, -0.25) is 0 Å². The average Bonchev–Trinajstić information content (AvgIpc) is 2.76. The van der Waals surface area contributed by atoms with Crippen LogP contribution in [0.25, 0.3) is 0 Å². The summed E-state index contributed by atoms with van der Waals surface area (Å²) in [6.45, 7) is 2.76. The van der Waals surface area contributed by atoms with Gasteiger partial charge in [-0.1, -0.05) is 13.0 Å². The van der Waals surface area contributed by atoms with Gasteiger partial charge >= 0.3 is 0 Å². The van der Waals surface area contributed by atoms with Crippen molar-refractivity contribution in [3.63, 3.8) is 0 Å². The van der Waals surface area contributed by atoms with Crippen molar-refractivity contribution in [2.75, 3.05) is 13.7 Å². The third-order valence-electron chi connectivity index (χ3n) is 3.48. The minimum atomic E-state index is -0.588. The molecular weight excluding hydrogens is 235 g/mol. The molecule has 4 heteroatoms. The zero-order chi connectivity index (χ0) is 13.1. The highest BCUT2D eigenvalue weighted by Gasteiger charge is 2.30. The second-order valence-electron chi connectivity index (χ2n) is 4.84. The van der Waals surface area contributed by atoms with E-state index in [2.05, 4.69) is 6.92 Å². The molecule has 1 N–H and O–H groups in total. The zero-order valence-electron chi connectivity index (χ0n) is 10.7. The van der Waals surface area contributed by atoms with Crippen LogP contribution in [0.1, 0.15) is 18.9 Å². The highest BCUT2D eigenvalue weighted by atomic mass is 19.1. The van der Waals surface area contributed by atoms with E-state index in [9.17, 15) is 9.50 Å². The molecule has 0 aliphatic carbocycles. The van der Waals surface area contributed by atoms with Crippen molar-refractivity contribution in [3.8, 4) is 5.75 Å². The Morgan fingerprint density at radius 2 is 2.33 bits per heavy atom. The van der Waals surface area contributed by atoms with E-state index >= 15 is 0 Å². The molecule has 1 aromatic rings. The largest absolute Gasteiger partial charge is 0.494 e. The van der Waals surface area contributed by atoms with Crippen LogP contribution in [0.2, 0.25) is 0 Å². The van der Waals surface area contributed by atoms with Gasteiger partial charge in [0.2, 0.25) is 0 Å². The molecule has 3 atom stereocenters. The van der Waals surface area contributed by atoms with Gasteiger partial charge < -0.3 is 14.6 Å². The Morgan fingerprint density at radius 1 is 1.56 bits per heavy atom. The second-order valence-corrected chi connectivity index (χ2v) is 4.84. The highest BCUT2D eigenvalue weighted by Crippen LogP contribution is 2.25. The first-order valence-electron chi connectivity index (χ1n) is 6.24. The lowest BCUT2D eigenvalue weighted by Crippen LogP contribution is -2.31. The molecule has 0 spiro atoms. The third kappa shape index (κ3) is 2.82. The molecule has 0 bridgehead atoms. The Morgan fingerprint density at radius 3 is 2.89 bits per heavy atom. The van der Waals surface area contributed by atoms with Crippen LogP contribution in [0.4, 0.5) is 4.39 Å². The Labute approximate surface area is 107 Å². The van der Waals surface area contributed by atoms with E-state index in [0.29, 0.717) is 18.9 Å². The SMILES string of the molecule is COc1ccc(CC(O)C2OCCC2C)cc1F. The first kappa shape index (κ1) is 13.3. The summed E-state index contributed by atoms with van der Waals surface area (Å²) in [6.07, 6.45) is 0.639. The second kappa shape index (κ2) is 5.67. The van der Waals surface area contributed by atoms with Crippen molar-refractivity contribution in [1.82, 2.24) is 0 Å². The molecule has 2 rings (SSSR count). The van der Waals surface area contributed by atoms with Crippen LogP contribution in [-0.2, 0) is 11.2 Å². The lowest BCUT2D eigenvalue weighted by atomic mass is 9.95. The molecule has 1 heterocycles. The van der Waals surface area contributed by atoms with Crippen molar-refractivity contribution in [1.29, 1.82) is 0 Å². The van der Waals surface area contributed by atoms with Crippen LogP contribution >= 0.6 is 0 Å². The Balaban J connectivity index is 2.02. The minimum Gasteiger partial charge on any atom is -0.494 e. The fourth-order valence-electron chi connectivity index (χ4n) is 2.40. The number of ether oxygens (including phenoxy) is 2. The maximum absolute atomic E-state index is 13.5. The topological polar surface area (TPSA) is 38.7 Å². The molecule has 0 aromatic heterocycles. The summed E-state index contributed by atoms with van der Waals surface area (Å²) in [5.41, 5.74) is 0.753. The number of halogens is 1. The third-order valence-corrected chi connectivity index (χ3v) is 3.48. The molecule has 3 nitrogen and oxygen atoms in total. The predicted octanol–water partition coefficient (Wildman–Crippen LogP) is 2.16. The smallest absolute Gasteiger partial charge is 0.165 e. The summed E-state index contributed by atoms with van der Waals surface area (Å²) >= 11 is 0. The van der Waals surface area contributed by atoms with Gasteiger partial charge in [-0.2, -0.15) is 0 Å². The van der Waals surface area contributed by atoms with Crippen molar-refractivity contribution >= 4 is 0 Å². The maximum atomic E-state index is 13.5. The summed E-state index contributed by atoms with van der Waals surface area (Å²) in [7, 11) is 1.43. The number of hydrogen-bond donors (Lipinski definition) is 1. The normalized spacial score (nSPS) is 25.1. The summed E-state index contributed by atoms with van der Waals surface area (Å²) in [5, 5.41) is 10.1. The molecule has 1 aliphatic heterocycles. The van der Waals surface area contributed by atoms with E-state index < -0.39 is 11.9 Å². The Kier molecular flexibility index (Phi) is 4.19. The van der Waals surface area contributed by atoms with Gasteiger partial charge in [0.05, 0.1) is 19.3 Å². The minimum absolute atomic E-state index is 0.143. The first-order chi connectivity index (χ1) is 8.61. The lowest BCUT2D eigenvalue weighted by Gasteiger charge is -2.21. The number of methoxy groups -OCH3 is 1. The molecule has 18 heavy (non-hydrogen) atoms. The predicted molar refractivity (Wildman–Crippen MR) is 66.2 cm³/mol. The lowest BCUT2D eigenvalue weighted by molar-refractivity contribution is -0.0157. The van der Waals surface area contributed by atoms with Crippen molar-refractivity contribution in [2.24, 2.45) is 5.92 Å². The van der Waals surface area contributed by atoms with Crippen LogP contribution in [0, 0.1) is 11.7 Å². The van der Waals surface area contributed by atoms with Gasteiger partial charge in [0.15, 0.2) is 11.6 Å². The maximum Gasteiger partial charge on any atom is 0.165 e. The van der Waals surface area contributed by atoms with E-state index in [1.807, 2.05) is 0 Å². The quantitative estimate of drug-likeness (QED) is 0.895. The number of benzene rings is 1. The van der Waals surface area contributed by atoms with Gasteiger partial charge in [0, 0.05) is 13.0 Å². The summed E-state index contributed by atoms with van der Waals surface area (Å²) in [4.78, 5) is 0. The highest BCUT2D eigenvalue weighted by molar-refractivity contribution is 5.29. The van der Waals surface area contributed by atoms with Gasteiger partial charge in [-0.15, -0.1) is 0 Å². The molecule has 0 saturated carbocycles. The van der Waals surface area contributed by atoms with Crippen LogP contribution in [0.3, 0.4) is 0 Å². The zero-order valence-corrected chi connectivity index (χ0v) is 10.7. The van der Waals surface area contributed by atoms with E-state index in [-0.39, 0.29) is 11.9 Å². The number of aliphatic hydroxyl groups is 1. The summed E-state index contributed by atoms with van der Waals surface area (Å²) < 4.78 is 23.9. The van der Waals surface area contributed by atoms with Crippen molar-refractivity contribution in [3.05, 3.63) is 29.6 Å². The van der Waals surface area contributed by atoms with E-state index in [1.54, 1.807) is 12.1 Å². The Hall–Kier alpha value is -1.13. The van der Waals surface area contributed by atoms with Gasteiger partial charge in [0.25, 0.3) is 0 Å². The number of rotatable bonds is 4. The number of aliphatic hydroxyl groups excluding tert-OH is 1. The summed E-state index contributed by atoms with van der Waals surface area (Å²) in [6, 6.07) is 4.75. The van der Waals surface area contributed by atoms with E-state index in [1.165, 1.54) is 13.2 Å². The molecule has 100 valence electrons.